The van der Waals surface area contributed by atoms with Gasteiger partial charge in [0, 0.05) is 12.8 Å². The molecular formula is C10H8O4. The van der Waals surface area contributed by atoms with Gasteiger partial charge in [0.25, 0.3) is 0 Å². The van der Waals surface area contributed by atoms with E-state index in [1.807, 2.05) is 0 Å². The molecule has 0 heterocycles. The zero-order chi connectivity index (χ0) is 10.3. The van der Waals surface area contributed by atoms with E-state index in [-0.39, 0.29) is 24.4 Å². The van der Waals surface area contributed by atoms with Crippen molar-refractivity contribution in [2.45, 2.75) is 12.8 Å². The van der Waals surface area contributed by atoms with Gasteiger partial charge in [0.1, 0.15) is 11.6 Å². The van der Waals surface area contributed by atoms with E-state index in [1.165, 1.54) is 0 Å². The number of ketones is 4. The normalized spacial score (nSPS) is 32.0. The highest BCUT2D eigenvalue weighted by Crippen LogP contribution is 2.29. The summed E-state index contributed by atoms with van der Waals surface area (Å²) in [7, 11) is 0. The molecular weight excluding hydrogens is 184 g/mol. The molecule has 2 aliphatic carbocycles. The molecule has 0 saturated heterocycles. The van der Waals surface area contributed by atoms with Gasteiger partial charge in [-0.05, 0) is 12.2 Å². The van der Waals surface area contributed by atoms with E-state index >= 15 is 0 Å². The molecule has 2 aliphatic rings. The van der Waals surface area contributed by atoms with Crippen LogP contribution >= 0.6 is 0 Å². The van der Waals surface area contributed by atoms with Crippen LogP contribution in [0.3, 0.4) is 0 Å². The van der Waals surface area contributed by atoms with Crippen LogP contribution in [0.15, 0.2) is 12.2 Å². The number of carbonyl (C=O) groups excluding carboxylic acids is 4. The summed E-state index contributed by atoms with van der Waals surface area (Å²) in [6, 6.07) is 0. The minimum Gasteiger partial charge on any atom is -0.299 e. The molecule has 0 aliphatic heterocycles. The summed E-state index contributed by atoms with van der Waals surface area (Å²) in [5.74, 6) is -3.42. The van der Waals surface area contributed by atoms with Crippen molar-refractivity contribution in [3.63, 3.8) is 0 Å². The molecule has 2 atom stereocenters. The topological polar surface area (TPSA) is 68.3 Å². The van der Waals surface area contributed by atoms with Crippen LogP contribution in [0, 0.1) is 11.8 Å². The summed E-state index contributed by atoms with van der Waals surface area (Å²) in [5.41, 5.74) is 0. The molecule has 0 aromatic heterocycles. The van der Waals surface area contributed by atoms with E-state index in [0.717, 1.165) is 12.2 Å². The second kappa shape index (κ2) is 2.97. The third-order valence-electron chi connectivity index (χ3n) is 2.67. The fourth-order valence-electron chi connectivity index (χ4n) is 1.95. The van der Waals surface area contributed by atoms with Crippen molar-refractivity contribution < 1.29 is 19.2 Å². The lowest BCUT2D eigenvalue weighted by atomic mass is 9.71. The predicted molar refractivity (Wildman–Crippen MR) is 45.4 cm³/mol. The van der Waals surface area contributed by atoms with Crippen LogP contribution in [-0.2, 0) is 19.2 Å². The van der Waals surface area contributed by atoms with E-state index in [1.54, 1.807) is 0 Å². The summed E-state index contributed by atoms with van der Waals surface area (Å²) in [6.07, 6.45) is 2.37. The number of allylic oxidation sites excluding steroid dienone is 2. The third-order valence-corrected chi connectivity index (χ3v) is 2.67. The Morgan fingerprint density at radius 2 is 1.14 bits per heavy atom. The molecule has 0 unspecified atom stereocenters. The predicted octanol–water partition coefficient (Wildman–Crippen LogP) is -0.141. The van der Waals surface area contributed by atoms with Crippen molar-refractivity contribution in [2.75, 3.05) is 0 Å². The Hall–Kier alpha value is -1.58. The van der Waals surface area contributed by atoms with E-state index < -0.39 is 23.4 Å². The standard InChI is InChI=1S/C10H8O4/c11-5-1-2-6(12)10-8(14)4-3-7(13)9(5)10/h1-2,9-10H,3-4H2/t9-,10+. The highest BCUT2D eigenvalue weighted by atomic mass is 16.2. The first-order valence-electron chi connectivity index (χ1n) is 4.42. The van der Waals surface area contributed by atoms with Gasteiger partial charge in [-0.3, -0.25) is 19.2 Å². The van der Waals surface area contributed by atoms with Gasteiger partial charge in [-0.1, -0.05) is 0 Å². The van der Waals surface area contributed by atoms with Gasteiger partial charge >= 0.3 is 0 Å². The molecule has 1 fully saturated rings. The van der Waals surface area contributed by atoms with Crippen molar-refractivity contribution in [3.05, 3.63) is 12.2 Å². The molecule has 0 N–H and O–H groups in total. The first-order valence-corrected chi connectivity index (χ1v) is 4.42. The number of carbonyl (C=O) groups is 4. The summed E-state index contributed by atoms with van der Waals surface area (Å²) in [4.78, 5) is 45.4. The van der Waals surface area contributed by atoms with Crippen LogP contribution in [0.2, 0.25) is 0 Å². The minimum atomic E-state index is -1.02. The summed E-state index contributed by atoms with van der Waals surface area (Å²) < 4.78 is 0. The molecule has 1 saturated carbocycles. The quantitative estimate of drug-likeness (QED) is 0.501. The zero-order valence-corrected chi connectivity index (χ0v) is 7.36. The van der Waals surface area contributed by atoms with Crippen molar-refractivity contribution in [1.29, 1.82) is 0 Å². The van der Waals surface area contributed by atoms with Gasteiger partial charge in [0.15, 0.2) is 11.6 Å². The Bertz CT molecular complexity index is 342. The van der Waals surface area contributed by atoms with Crippen LogP contribution in [0.4, 0.5) is 0 Å². The Morgan fingerprint density at radius 1 is 0.786 bits per heavy atom. The SMILES string of the molecule is O=C1C=CC(=O)[C@H]2C(=O)CCC(=O)[C@@H]12. The Labute approximate surface area is 80.0 Å². The highest BCUT2D eigenvalue weighted by Gasteiger charge is 2.46. The molecule has 0 aromatic rings. The molecule has 0 bridgehead atoms. The Balaban J connectivity index is 2.45. The fourth-order valence-corrected chi connectivity index (χ4v) is 1.95. The van der Waals surface area contributed by atoms with Gasteiger partial charge in [0.2, 0.25) is 0 Å². The lowest BCUT2D eigenvalue weighted by Crippen LogP contribution is -2.45. The first kappa shape index (κ1) is 8.99. The molecule has 72 valence electrons. The molecule has 0 radical (unpaired) electrons. The molecule has 0 amide bonds. The van der Waals surface area contributed by atoms with Crippen LogP contribution in [-0.4, -0.2) is 23.1 Å². The summed E-state index contributed by atoms with van der Waals surface area (Å²) in [6.45, 7) is 0. The monoisotopic (exact) mass is 192 g/mol. The molecule has 0 spiro atoms. The highest BCUT2D eigenvalue weighted by molar-refractivity contribution is 6.24. The zero-order valence-electron chi connectivity index (χ0n) is 7.36. The van der Waals surface area contributed by atoms with E-state index in [2.05, 4.69) is 0 Å². The maximum atomic E-state index is 11.4. The van der Waals surface area contributed by atoms with E-state index in [4.69, 9.17) is 0 Å². The number of rotatable bonds is 0. The largest absolute Gasteiger partial charge is 0.299 e. The average Bonchev–Trinajstić information content (AvgIpc) is 2.16. The molecule has 4 nitrogen and oxygen atoms in total. The molecule has 0 aromatic carbocycles. The summed E-state index contributed by atoms with van der Waals surface area (Å²) >= 11 is 0. The van der Waals surface area contributed by atoms with Gasteiger partial charge in [-0.25, -0.2) is 0 Å². The van der Waals surface area contributed by atoms with Crippen LogP contribution in [0.25, 0.3) is 0 Å². The van der Waals surface area contributed by atoms with Gasteiger partial charge < -0.3 is 0 Å². The third kappa shape index (κ3) is 1.14. The number of hydrogen-bond acceptors (Lipinski definition) is 4. The molecule has 2 rings (SSSR count). The van der Waals surface area contributed by atoms with E-state index in [0.29, 0.717) is 0 Å². The first-order chi connectivity index (χ1) is 6.61. The van der Waals surface area contributed by atoms with Gasteiger partial charge in [0.05, 0.1) is 11.8 Å². The smallest absolute Gasteiger partial charge is 0.167 e. The van der Waals surface area contributed by atoms with Gasteiger partial charge in [-0.15, -0.1) is 0 Å². The lowest BCUT2D eigenvalue weighted by molar-refractivity contribution is -0.147. The Morgan fingerprint density at radius 3 is 1.50 bits per heavy atom. The number of Topliss-reactive ketones (excluding diaryl/α,β-unsaturated/α-hetero) is 2. The van der Waals surface area contributed by atoms with Crippen LogP contribution in [0.5, 0.6) is 0 Å². The molecule has 14 heavy (non-hydrogen) atoms. The van der Waals surface area contributed by atoms with Crippen LogP contribution in [0.1, 0.15) is 12.8 Å². The Kier molecular flexibility index (Phi) is 1.91. The van der Waals surface area contributed by atoms with Gasteiger partial charge in [-0.2, -0.15) is 0 Å². The number of fused-ring (bicyclic) bond motifs is 1. The van der Waals surface area contributed by atoms with Crippen molar-refractivity contribution >= 4 is 23.1 Å². The summed E-state index contributed by atoms with van der Waals surface area (Å²) in [5, 5.41) is 0. The fraction of sp³-hybridized carbons (Fsp3) is 0.400. The van der Waals surface area contributed by atoms with Crippen molar-refractivity contribution in [3.8, 4) is 0 Å². The van der Waals surface area contributed by atoms with E-state index in [9.17, 15) is 19.2 Å². The maximum absolute atomic E-state index is 11.4. The van der Waals surface area contributed by atoms with Crippen molar-refractivity contribution in [2.24, 2.45) is 11.8 Å². The second-order valence-corrected chi connectivity index (χ2v) is 3.53. The lowest BCUT2D eigenvalue weighted by Gasteiger charge is -2.27. The van der Waals surface area contributed by atoms with Crippen molar-refractivity contribution in [1.82, 2.24) is 0 Å². The number of hydrogen-bond donors (Lipinski definition) is 0. The second-order valence-electron chi connectivity index (χ2n) is 3.53. The maximum Gasteiger partial charge on any atom is 0.167 e. The van der Waals surface area contributed by atoms with Crippen LogP contribution < -0.4 is 0 Å². The minimum absolute atomic E-state index is 0.0901. The average molecular weight is 192 g/mol. The molecule has 4 heteroatoms.